The van der Waals surface area contributed by atoms with Crippen LogP contribution in [0.15, 0.2) is 36.4 Å². The summed E-state index contributed by atoms with van der Waals surface area (Å²) in [6.07, 6.45) is 0. The van der Waals surface area contributed by atoms with Crippen LogP contribution in [0.25, 0.3) is 11.3 Å². The molecule has 0 aliphatic carbocycles. The lowest BCUT2D eigenvalue weighted by molar-refractivity contribution is 0.102. The number of rotatable bonds is 2. The lowest BCUT2D eigenvalue weighted by Gasteiger charge is -2.28. The smallest absolute Gasteiger partial charge is 0.277 e. The van der Waals surface area contributed by atoms with Gasteiger partial charge in [-0.2, -0.15) is 5.10 Å². The van der Waals surface area contributed by atoms with Crippen molar-refractivity contribution in [3.63, 3.8) is 0 Å². The Balaban J connectivity index is 1.77. The highest BCUT2D eigenvalue weighted by Crippen LogP contribution is 2.39. The maximum absolute atomic E-state index is 13.8. The number of halogens is 1. The number of pyridine rings is 1. The second-order valence-electron chi connectivity index (χ2n) is 6.44. The number of carbonyl (C=O) groups is 1. The quantitative estimate of drug-likeness (QED) is 0.770. The molecule has 0 atom stereocenters. The maximum atomic E-state index is 13.8. The molecule has 26 heavy (non-hydrogen) atoms. The zero-order valence-corrected chi connectivity index (χ0v) is 14.7. The molecule has 0 unspecified atom stereocenters. The molecule has 2 aromatic heterocycles. The van der Waals surface area contributed by atoms with Gasteiger partial charge in [0.15, 0.2) is 5.69 Å². The molecule has 1 aromatic carbocycles. The standard InChI is InChI=1S/C19H18FN5O/c1-11-5-4-6-16(21-11)22-19(26)17-14-10-24(2)15-8-7-12(20)9-13(15)18(14)25(3)23-17/h4-9H,10H2,1-3H3,(H,21,22,26). The Kier molecular flexibility index (Phi) is 3.72. The first kappa shape index (κ1) is 16.3. The molecule has 1 aliphatic heterocycles. The van der Waals surface area contributed by atoms with Gasteiger partial charge in [0.1, 0.15) is 11.6 Å². The van der Waals surface area contributed by atoms with E-state index in [1.54, 1.807) is 23.9 Å². The molecule has 0 bridgehead atoms. The molecule has 0 saturated carbocycles. The van der Waals surface area contributed by atoms with E-state index < -0.39 is 0 Å². The summed E-state index contributed by atoms with van der Waals surface area (Å²) in [7, 11) is 3.68. The minimum atomic E-state index is -0.326. The van der Waals surface area contributed by atoms with Crippen molar-refractivity contribution >= 4 is 17.4 Å². The van der Waals surface area contributed by atoms with Crippen LogP contribution in [-0.2, 0) is 13.6 Å². The van der Waals surface area contributed by atoms with Gasteiger partial charge < -0.3 is 10.2 Å². The topological polar surface area (TPSA) is 63.1 Å². The Morgan fingerprint density at radius 1 is 1.23 bits per heavy atom. The van der Waals surface area contributed by atoms with Crippen LogP contribution in [0.2, 0.25) is 0 Å². The highest BCUT2D eigenvalue weighted by atomic mass is 19.1. The van der Waals surface area contributed by atoms with E-state index in [4.69, 9.17) is 0 Å². The first-order valence-electron chi connectivity index (χ1n) is 8.26. The monoisotopic (exact) mass is 351 g/mol. The molecule has 0 fully saturated rings. The lowest BCUT2D eigenvalue weighted by atomic mass is 9.98. The van der Waals surface area contributed by atoms with E-state index in [2.05, 4.69) is 15.4 Å². The van der Waals surface area contributed by atoms with Crippen LogP contribution in [0.3, 0.4) is 0 Å². The molecule has 3 aromatic rings. The molecule has 1 N–H and O–H groups in total. The summed E-state index contributed by atoms with van der Waals surface area (Å²) in [5, 5.41) is 7.20. The van der Waals surface area contributed by atoms with Gasteiger partial charge in [-0.1, -0.05) is 6.07 Å². The summed E-state index contributed by atoms with van der Waals surface area (Å²) >= 11 is 0. The number of fused-ring (bicyclic) bond motifs is 3. The number of anilines is 2. The van der Waals surface area contributed by atoms with E-state index in [0.717, 1.165) is 28.2 Å². The van der Waals surface area contributed by atoms with E-state index >= 15 is 0 Å². The van der Waals surface area contributed by atoms with Gasteiger partial charge >= 0.3 is 0 Å². The van der Waals surface area contributed by atoms with Gasteiger partial charge in [0.2, 0.25) is 0 Å². The van der Waals surface area contributed by atoms with E-state index in [1.807, 2.05) is 31.0 Å². The molecule has 0 spiro atoms. The average molecular weight is 351 g/mol. The molecule has 4 rings (SSSR count). The SMILES string of the molecule is Cc1cccc(NC(=O)c2nn(C)c3c2CN(C)c2ccc(F)cc2-3)n1. The van der Waals surface area contributed by atoms with Gasteiger partial charge in [0.25, 0.3) is 5.91 Å². The molecule has 132 valence electrons. The third kappa shape index (κ3) is 2.61. The van der Waals surface area contributed by atoms with E-state index in [0.29, 0.717) is 18.1 Å². The molecular formula is C19H18FN5O. The second-order valence-corrected chi connectivity index (χ2v) is 6.44. The zero-order valence-electron chi connectivity index (χ0n) is 14.7. The summed E-state index contributed by atoms with van der Waals surface area (Å²) in [6.45, 7) is 2.38. The van der Waals surface area contributed by atoms with Crippen molar-refractivity contribution in [2.75, 3.05) is 17.3 Å². The van der Waals surface area contributed by atoms with Crippen molar-refractivity contribution in [2.45, 2.75) is 13.5 Å². The number of hydrogen-bond donors (Lipinski definition) is 1. The molecule has 1 aliphatic rings. The van der Waals surface area contributed by atoms with Crippen LogP contribution in [-0.4, -0.2) is 27.7 Å². The van der Waals surface area contributed by atoms with Gasteiger partial charge in [-0.05, 0) is 37.3 Å². The van der Waals surface area contributed by atoms with Gasteiger partial charge in [-0.15, -0.1) is 0 Å². The Labute approximate surface area is 150 Å². The fraction of sp³-hybridized carbons (Fsp3) is 0.211. The number of amides is 1. The minimum Gasteiger partial charge on any atom is -0.370 e. The van der Waals surface area contributed by atoms with E-state index in [1.165, 1.54) is 12.1 Å². The number of aryl methyl sites for hydroxylation is 2. The van der Waals surface area contributed by atoms with Crippen LogP contribution in [0.4, 0.5) is 15.9 Å². The van der Waals surface area contributed by atoms with E-state index in [-0.39, 0.29) is 11.7 Å². The summed E-state index contributed by atoms with van der Waals surface area (Å²) in [5.74, 6) is -0.167. The highest BCUT2D eigenvalue weighted by Gasteiger charge is 2.30. The number of carbonyl (C=O) groups excluding carboxylic acids is 1. The molecule has 0 radical (unpaired) electrons. The third-order valence-corrected chi connectivity index (χ3v) is 4.51. The highest BCUT2D eigenvalue weighted by molar-refractivity contribution is 6.05. The van der Waals surface area contributed by atoms with Crippen LogP contribution < -0.4 is 10.2 Å². The third-order valence-electron chi connectivity index (χ3n) is 4.51. The number of hydrogen-bond acceptors (Lipinski definition) is 4. The Morgan fingerprint density at radius 3 is 2.81 bits per heavy atom. The molecule has 6 nitrogen and oxygen atoms in total. The number of nitrogens with zero attached hydrogens (tertiary/aromatic N) is 4. The van der Waals surface area contributed by atoms with Gasteiger partial charge in [-0.25, -0.2) is 9.37 Å². The molecule has 0 saturated heterocycles. The van der Waals surface area contributed by atoms with Crippen LogP contribution in [0.5, 0.6) is 0 Å². The normalized spacial score (nSPS) is 12.5. The Hall–Kier alpha value is -3.22. The summed E-state index contributed by atoms with van der Waals surface area (Å²) < 4.78 is 15.4. The van der Waals surface area contributed by atoms with Crippen molar-refractivity contribution in [2.24, 2.45) is 7.05 Å². The van der Waals surface area contributed by atoms with Crippen LogP contribution in [0.1, 0.15) is 21.7 Å². The lowest BCUT2D eigenvalue weighted by Crippen LogP contribution is -2.24. The van der Waals surface area contributed by atoms with Crippen molar-refractivity contribution < 1.29 is 9.18 Å². The van der Waals surface area contributed by atoms with Gasteiger partial charge in [0, 0.05) is 43.1 Å². The summed E-state index contributed by atoms with van der Waals surface area (Å²) in [5.41, 5.74) is 4.33. The minimum absolute atomic E-state index is 0.318. The first-order chi connectivity index (χ1) is 12.4. The fourth-order valence-electron chi connectivity index (χ4n) is 3.38. The first-order valence-corrected chi connectivity index (χ1v) is 8.26. The number of nitrogens with one attached hydrogen (secondary N) is 1. The van der Waals surface area contributed by atoms with Crippen LogP contribution in [0, 0.1) is 12.7 Å². The van der Waals surface area contributed by atoms with Gasteiger partial charge in [0.05, 0.1) is 5.69 Å². The largest absolute Gasteiger partial charge is 0.370 e. The van der Waals surface area contributed by atoms with Crippen molar-refractivity contribution in [3.8, 4) is 11.3 Å². The number of aromatic nitrogens is 3. The predicted molar refractivity (Wildman–Crippen MR) is 97.6 cm³/mol. The Morgan fingerprint density at radius 2 is 2.04 bits per heavy atom. The summed E-state index contributed by atoms with van der Waals surface area (Å²) in [4.78, 5) is 19.1. The fourth-order valence-corrected chi connectivity index (χ4v) is 3.38. The van der Waals surface area contributed by atoms with Crippen molar-refractivity contribution in [1.82, 2.24) is 14.8 Å². The Bertz CT molecular complexity index is 1030. The zero-order chi connectivity index (χ0) is 18.4. The predicted octanol–water partition coefficient (Wildman–Crippen LogP) is 3.13. The molecule has 3 heterocycles. The van der Waals surface area contributed by atoms with Crippen molar-refractivity contribution in [1.29, 1.82) is 0 Å². The molecule has 7 heteroatoms. The average Bonchev–Trinajstić information content (AvgIpc) is 2.91. The number of benzene rings is 1. The van der Waals surface area contributed by atoms with E-state index in [9.17, 15) is 9.18 Å². The molecular weight excluding hydrogens is 333 g/mol. The summed E-state index contributed by atoms with van der Waals surface area (Å²) in [6, 6.07) is 10.1. The van der Waals surface area contributed by atoms with Crippen molar-refractivity contribution in [3.05, 3.63) is 59.2 Å². The second kappa shape index (κ2) is 5.94. The molecule has 1 amide bonds. The van der Waals surface area contributed by atoms with Gasteiger partial charge in [-0.3, -0.25) is 9.48 Å². The maximum Gasteiger partial charge on any atom is 0.277 e. The van der Waals surface area contributed by atoms with Crippen LogP contribution >= 0.6 is 0 Å².